The second-order valence-corrected chi connectivity index (χ2v) is 5.47. The fourth-order valence-electron chi connectivity index (χ4n) is 2.63. The van der Waals surface area contributed by atoms with E-state index in [0.29, 0.717) is 6.54 Å². The zero-order valence-corrected chi connectivity index (χ0v) is 12.3. The van der Waals surface area contributed by atoms with Crippen LogP contribution in [0.15, 0.2) is 12.1 Å². The van der Waals surface area contributed by atoms with Crippen molar-refractivity contribution >= 4 is 10.9 Å². The Kier molecular flexibility index (Phi) is 3.45. The van der Waals surface area contributed by atoms with Crippen LogP contribution in [-0.2, 0) is 5.41 Å². The van der Waals surface area contributed by atoms with Crippen LogP contribution in [-0.4, -0.2) is 25.7 Å². The van der Waals surface area contributed by atoms with Gasteiger partial charge in [0.05, 0.1) is 19.7 Å². The van der Waals surface area contributed by atoms with Crippen molar-refractivity contribution < 1.29 is 9.47 Å². The lowest BCUT2D eigenvalue weighted by molar-refractivity contribution is 0.397. The SMILES string of the molecule is COc1cc(OC)c2c(C(C)(C)CN)c(C)[nH]c2c1. The van der Waals surface area contributed by atoms with E-state index in [4.69, 9.17) is 15.2 Å². The molecule has 3 N–H and O–H groups in total. The van der Waals surface area contributed by atoms with E-state index in [-0.39, 0.29) is 5.41 Å². The first-order chi connectivity index (χ1) is 8.94. The molecule has 0 atom stereocenters. The van der Waals surface area contributed by atoms with Gasteiger partial charge in [-0.25, -0.2) is 0 Å². The highest BCUT2D eigenvalue weighted by Gasteiger charge is 2.27. The summed E-state index contributed by atoms with van der Waals surface area (Å²) in [6, 6.07) is 3.90. The normalized spacial score (nSPS) is 11.9. The number of benzene rings is 1. The highest BCUT2D eigenvalue weighted by atomic mass is 16.5. The summed E-state index contributed by atoms with van der Waals surface area (Å²) in [6.45, 7) is 6.94. The molecule has 0 amide bonds. The average Bonchev–Trinajstić information content (AvgIpc) is 2.73. The Morgan fingerprint density at radius 2 is 1.89 bits per heavy atom. The Hall–Kier alpha value is -1.68. The van der Waals surface area contributed by atoms with Crippen molar-refractivity contribution in [3.05, 3.63) is 23.4 Å². The van der Waals surface area contributed by atoms with Crippen LogP contribution in [0.5, 0.6) is 11.5 Å². The Bertz CT molecular complexity index is 600. The summed E-state index contributed by atoms with van der Waals surface area (Å²) >= 11 is 0. The van der Waals surface area contributed by atoms with Gasteiger partial charge < -0.3 is 20.2 Å². The molecule has 0 fully saturated rings. The number of fused-ring (bicyclic) bond motifs is 1. The third-order valence-electron chi connectivity index (χ3n) is 3.67. The van der Waals surface area contributed by atoms with Crippen molar-refractivity contribution in [2.75, 3.05) is 20.8 Å². The van der Waals surface area contributed by atoms with Crippen LogP contribution in [0.1, 0.15) is 25.1 Å². The smallest absolute Gasteiger partial charge is 0.132 e. The van der Waals surface area contributed by atoms with Crippen LogP contribution < -0.4 is 15.2 Å². The highest BCUT2D eigenvalue weighted by Crippen LogP contribution is 2.40. The second kappa shape index (κ2) is 4.78. The van der Waals surface area contributed by atoms with Gasteiger partial charge in [0.1, 0.15) is 11.5 Å². The molecule has 2 aromatic rings. The molecule has 4 heteroatoms. The van der Waals surface area contributed by atoms with Gasteiger partial charge in [0, 0.05) is 35.2 Å². The fourth-order valence-corrected chi connectivity index (χ4v) is 2.63. The molecular weight excluding hydrogens is 240 g/mol. The number of methoxy groups -OCH3 is 2. The van der Waals surface area contributed by atoms with Crippen molar-refractivity contribution in [2.24, 2.45) is 5.73 Å². The lowest BCUT2D eigenvalue weighted by Crippen LogP contribution is -2.28. The van der Waals surface area contributed by atoms with Crippen molar-refractivity contribution in [3.63, 3.8) is 0 Å². The standard InChI is InChI=1S/C15H22N2O2/c1-9-14(15(2,3)8-16)13-11(17-9)6-10(18-4)7-12(13)19-5/h6-7,17H,8,16H2,1-5H3. The minimum atomic E-state index is -0.107. The van der Waals surface area contributed by atoms with Crippen LogP contribution in [0, 0.1) is 6.92 Å². The molecule has 0 saturated carbocycles. The van der Waals surface area contributed by atoms with Gasteiger partial charge in [-0.15, -0.1) is 0 Å². The van der Waals surface area contributed by atoms with Gasteiger partial charge in [0.15, 0.2) is 0 Å². The lowest BCUT2D eigenvalue weighted by Gasteiger charge is -2.24. The largest absolute Gasteiger partial charge is 0.497 e. The number of aromatic amines is 1. The van der Waals surface area contributed by atoms with Gasteiger partial charge in [0.25, 0.3) is 0 Å². The van der Waals surface area contributed by atoms with E-state index >= 15 is 0 Å². The lowest BCUT2D eigenvalue weighted by atomic mass is 9.82. The fraction of sp³-hybridized carbons (Fsp3) is 0.467. The van der Waals surface area contributed by atoms with Crippen molar-refractivity contribution in [1.82, 2.24) is 4.98 Å². The van der Waals surface area contributed by atoms with E-state index < -0.39 is 0 Å². The molecule has 0 aliphatic heterocycles. The quantitative estimate of drug-likeness (QED) is 0.890. The number of aryl methyl sites for hydroxylation is 1. The molecule has 0 spiro atoms. The summed E-state index contributed by atoms with van der Waals surface area (Å²) in [7, 11) is 3.33. The molecule has 0 saturated heterocycles. The van der Waals surface area contributed by atoms with Crippen LogP contribution in [0.2, 0.25) is 0 Å². The Morgan fingerprint density at radius 3 is 2.42 bits per heavy atom. The molecule has 4 nitrogen and oxygen atoms in total. The first-order valence-electron chi connectivity index (χ1n) is 6.39. The number of nitrogens with two attached hydrogens (primary N) is 1. The van der Waals surface area contributed by atoms with Crippen molar-refractivity contribution in [1.29, 1.82) is 0 Å². The van der Waals surface area contributed by atoms with Gasteiger partial charge in [0.2, 0.25) is 0 Å². The third kappa shape index (κ3) is 2.16. The van der Waals surface area contributed by atoms with Gasteiger partial charge >= 0.3 is 0 Å². The van der Waals surface area contributed by atoms with Crippen LogP contribution in [0.25, 0.3) is 10.9 Å². The first kappa shape index (κ1) is 13.7. The van der Waals surface area contributed by atoms with E-state index in [2.05, 4.69) is 25.8 Å². The minimum Gasteiger partial charge on any atom is -0.497 e. The number of nitrogens with one attached hydrogen (secondary N) is 1. The Balaban J connectivity index is 2.82. The van der Waals surface area contributed by atoms with Crippen LogP contribution in [0.3, 0.4) is 0 Å². The topological polar surface area (TPSA) is 60.3 Å². The molecule has 1 heterocycles. The maximum absolute atomic E-state index is 5.93. The molecule has 0 radical (unpaired) electrons. The number of ether oxygens (including phenoxy) is 2. The predicted molar refractivity (Wildman–Crippen MR) is 78.2 cm³/mol. The summed E-state index contributed by atoms with van der Waals surface area (Å²) in [4.78, 5) is 3.40. The maximum Gasteiger partial charge on any atom is 0.132 e. The van der Waals surface area contributed by atoms with E-state index in [1.165, 1.54) is 5.56 Å². The minimum absolute atomic E-state index is 0.107. The maximum atomic E-state index is 5.93. The second-order valence-electron chi connectivity index (χ2n) is 5.47. The molecule has 2 rings (SSSR count). The Morgan fingerprint density at radius 1 is 1.21 bits per heavy atom. The molecule has 0 aliphatic carbocycles. The van der Waals surface area contributed by atoms with E-state index in [1.807, 2.05) is 12.1 Å². The van der Waals surface area contributed by atoms with E-state index in [1.54, 1.807) is 14.2 Å². The van der Waals surface area contributed by atoms with Crippen LogP contribution >= 0.6 is 0 Å². The summed E-state index contributed by atoms with van der Waals surface area (Å²) < 4.78 is 10.8. The summed E-state index contributed by atoms with van der Waals surface area (Å²) in [6.07, 6.45) is 0. The molecule has 0 unspecified atom stereocenters. The van der Waals surface area contributed by atoms with Crippen molar-refractivity contribution in [2.45, 2.75) is 26.2 Å². The zero-order valence-electron chi connectivity index (χ0n) is 12.3. The van der Waals surface area contributed by atoms with Gasteiger partial charge in [-0.1, -0.05) is 13.8 Å². The third-order valence-corrected chi connectivity index (χ3v) is 3.67. The van der Waals surface area contributed by atoms with Crippen molar-refractivity contribution in [3.8, 4) is 11.5 Å². The molecule has 104 valence electrons. The average molecular weight is 262 g/mol. The first-order valence-corrected chi connectivity index (χ1v) is 6.39. The summed E-state index contributed by atoms with van der Waals surface area (Å²) in [5, 5.41) is 1.09. The number of rotatable bonds is 4. The van der Waals surface area contributed by atoms with E-state index in [0.717, 1.165) is 28.1 Å². The molecule has 1 aromatic heterocycles. The number of hydrogen-bond donors (Lipinski definition) is 2. The van der Waals surface area contributed by atoms with E-state index in [9.17, 15) is 0 Å². The van der Waals surface area contributed by atoms with Gasteiger partial charge in [-0.05, 0) is 12.5 Å². The molecule has 0 bridgehead atoms. The number of aromatic nitrogens is 1. The molecule has 1 aromatic carbocycles. The van der Waals surface area contributed by atoms with Gasteiger partial charge in [-0.3, -0.25) is 0 Å². The molecule has 19 heavy (non-hydrogen) atoms. The number of H-pyrrole nitrogens is 1. The summed E-state index contributed by atoms with van der Waals surface area (Å²) in [5.74, 6) is 1.60. The monoisotopic (exact) mass is 262 g/mol. The number of hydrogen-bond acceptors (Lipinski definition) is 3. The Labute approximate surface area is 113 Å². The highest BCUT2D eigenvalue weighted by molar-refractivity contribution is 5.92. The summed E-state index contributed by atoms with van der Waals surface area (Å²) in [5.41, 5.74) is 9.17. The molecule has 0 aliphatic rings. The van der Waals surface area contributed by atoms with Crippen LogP contribution in [0.4, 0.5) is 0 Å². The molecular formula is C15H22N2O2. The van der Waals surface area contributed by atoms with Gasteiger partial charge in [-0.2, -0.15) is 0 Å². The predicted octanol–water partition coefficient (Wildman–Crippen LogP) is 2.73. The zero-order chi connectivity index (χ0) is 14.2.